The van der Waals surface area contributed by atoms with Gasteiger partial charge in [0.2, 0.25) is 5.91 Å². The lowest BCUT2D eigenvalue weighted by Crippen LogP contribution is -2.40. The summed E-state index contributed by atoms with van der Waals surface area (Å²) in [6, 6.07) is 2.72. The van der Waals surface area contributed by atoms with Gasteiger partial charge in [-0.1, -0.05) is 6.92 Å². The van der Waals surface area contributed by atoms with Crippen LogP contribution in [0, 0.1) is 6.92 Å². The molecule has 21 heavy (non-hydrogen) atoms. The van der Waals surface area contributed by atoms with Crippen LogP contribution in [0.25, 0.3) is 0 Å². The number of carbonyl (C=O) groups is 3. The molecule has 0 fully saturated rings. The Hall–Kier alpha value is -2.44. The summed E-state index contributed by atoms with van der Waals surface area (Å²) in [4.78, 5) is 40.1. The van der Waals surface area contributed by atoms with E-state index in [9.17, 15) is 14.4 Å². The summed E-state index contributed by atoms with van der Waals surface area (Å²) >= 11 is 0. The van der Waals surface area contributed by atoms with E-state index in [1.165, 1.54) is 31.0 Å². The molecule has 1 rings (SSSR count). The third kappa shape index (κ3) is 4.27. The molecule has 0 aliphatic carbocycles. The van der Waals surface area contributed by atoms with E-state index in [-0.39, 0.29) is 35.3 Å². The number of amides is 2. The minimum absolute atomic E-state index is 0.0510. The van der Waals surface area contributed by atoms with Crippen LogP contribution in [0.2, 0.25) is 0 Å². The number of carboxylic acids is 1. The summed E-state index contributed by atoms with van der Waals surface area (Å²) < 4.78 is 0. The molecule has 7 nitrogen and oxygen atoms in total. The fourth-order valence-electron chi connectivity index (χ4n) is 1.84. The van der Waals surface area contributed by atoms with E-state index in [0.717, 1.165) is 0 Å². The molecule has 0 bridgehead atoms. The largest absolute Gasteiger partial charge is 0.478 e. The summed E-state index contributed by atoms with van der Waals surface area (Å²) in [6.07, 6.45) is 0.703. The van der Waals surface area contributed by atoms with Gasteiger partial charge in [0.1, 0.15) is 5.69 Å². The number of rotatable bonds is 6. The van der Waals surface area contributed by atoms with E-state index in [1.807, 2.05) is 6.92 Å². The zero-order valence-electron chi connectivity index (χ0n) is 12.3. The van der Waals surface area contributed by atoms with Gasteiger partial charge in [0.05, 0.1) is 17.8 Å². The van der Waals surface area contributed by atoms with Crippen molar-refractivity contribution in [3.63, 3.8) is 0 Å². The number of likely N-dealkylation sites (N-methyl/N-ethyl adjacent to an activating group) is 1. The SMILES string of the molecule is CCCN(CC(=O)NC)C(=O)c1ccc(C(=O)O)c(C)n1. The Morgan fingerprint density at radius 3 is 2.48 bits per heavy atom. The van der Waals surface area contributed by atoms with Crippen LogP contribution in [0.3, 0.4) is 0 Å². The first-order valence-electron chi connectivity index (χ1n) is 6.61. The third-order valence-electron chi connectivity index (χ3n) is 2.93. The number of aromatic nitrogens is 1. The molecule has 2 amide bonds. The lowest BCUT2D eigenvalue weighted by Gasteiger charge is -2.21. The van der Waals surface area contributed by atoms with Crippen molar-refractivity contribution in [1.82, 2.24) is 15.2 Å². The monoisotopic (exact) mass is 293 g/mol. The molecular weight excluding hydrogens is 274 g/mol. The molecule has 0 aliphatic rings. The van der Waals surface area contributed by atoms with Gasteiger partial charge in [-0.2, -0.15) is 0 Å². The maximum absolute atomic E-state index is 12.4. The highest BCUT2D eigenvalue weighted by Gasteiger charge is 2.20. The highest BCUT2D eigenvalue weighted by Crippen LogP contribution is 2.09. The van der Waals surface area contributed by atoms with Crippen LogP contribution >= 0.6 is 0 Å². The number of nitrogens with one attached hydrogen (secondary N) is 1. The molecule has 1 aromatic rings. The number of carbonyl (C=O) groups excluding carboxylic acids is 2. The lowest BCUT2D eigenvalue weighted by atomic mass is 10.1. The minimum atomic E-state index is -1.09. The van der Waals surface area contributed by atoms with E-state index < -0.39 is 5.97 Å². The molecule has 114 valence electrons. The van der Waals surface area contributed by atoms with E-state index in [2.05, 4.69) is 10.3 Å². The molecule has 0 saturated heterocycles. The van der Waals surface area contributed by atoms with Crippen LogP contribution in [0.15, 0.2) is 12.1 Å². The number of carboxylic acid groups (broad SMARTS) is 1. The average Bonchev–Trinajstić information content (AvgIpc) is 2.45. The predicted molar refractivity (Wildman–Crippen MR) is 76.2 cm³/mol. The highest BCUT2D eigenvalue weighted by atomic mass is 16.4. The zero-order valence-corrected chi connectivity index (χ0v) is 12.3. The fourth-order valence-corrected chi connectivity index (χ4v) is 1.84. The predicted octanol–water partition coefficient (Wildman–Crippen LogP) is 0.686. The van der Waals surface area contributed by atoms with Crippen molar-refractivity contribution in [1.29, 1.82) is 0 Å². The fraction of sp³-hybridized carbons (Fsp3) is 0.429. The van der Waals surface area contributed by atoms with Gasteiger partial charge in [-0.05, 0) is 25.5 Å². The second kappa shape index (κ2) is 7.37. The number of hydrogen-bond donors (Lipinski definition) is 2. The summed E-state index contributed by atoms with van der Waals surface area (Å²) in [5.74, 6) is -1.74. The Morgan fingerprint density at radius 1 is 1.33 bits per heavy atom. The molecule has 0 saturated carbocycles. The molecule has 1 heterocycles. The van der Waals surface area contributed by atoms with Crippen molar-refractivity contribution in [2.24, 2.45) is 0 Å². The van der Waals surface area contributed by atoms with Gasteiger partial charge in [-0.15, -0.1) is 0 Å². The van der Waals surface area contributed by atoms with Gasteiger partial charge in [0.25, 0.3) is 5.91 Å². The summed E-state index contributed by atoms with van der Waals surface area (Å²) in [5, 5.41) is 11.4. The summed E-state index contributed by atoms with van der Waals surface area (Å²) in [7, 11) is 1.50. The van der Waals surface area contributed by atoms with Crippen molar-refractivity contribution in [2.45, 2.75) is 20.3 Å². The Balaban J connectivity index is 3.00. The van der Waals surface area contributed by atoms with Gasteiger partial charge >= 0.3 is 5.97 Å². The standard InChI is InChI=1S/C14H19N3O4/c1-4-7-17(8-12(18)15-3)13(19)11-6-5-10(14(20)21)9(2)16-11/h5-6H,4,7-8H2,1-3H3,(H,15,18)(H,20,21). The van der Waals surface area contributed by atoms with Gasteiger partial charge in [0, 0.05) is 13.6 Å². The van der Waals surface area contributed by atoms with Crippen LogP contribution < -0.4 is 5.32 Å². The second-order valence-corrected chi connectivity index (χ2v) is 4.53. The maximum atomic E-state index is 12.4. The summed E-state index contributed by atoms with van der Waals surface area (Å²) in [5.41, 5.74) is 0.458. The molecule has 0 aromatic carbocycles. The molecule has 0 unspecified atom stereocenters. The first-order valence-corrected chi connectivity index (χ1v) is 6.61. The molecule has 7 heteroatoms. The molecule has 0 aliphatic heterocycles. The maximum Gasteiger partial charge on any atom is 0.337 e. The smallest absolute Gasteiger partial charge is 0.337 e. The van der Waals surface area contributed by atoms with E-state index in [4.69, 9.17) is 5.11 Å². The molecule has 0 atom stereocenters. The van der Waals surface area contributed by atoms with Crippen LogP contribution in [0.1, 0.15) is 39.9 Å². The average molecular weight is 293 g/mol. The number of aromatic carboxylic acids is 1. The van der Waals surface area contributed by atoms with Crippen LogP contribution in [-0.2, 0) is 4.79 Å². The molecular formula is C14H19N3O4. The van der Waals surface area contributed by atoms with Crippen LogP contribution in [0.4, 0.5) is 0 Å². The molecule has 0 radical (unpaired) electrons. The topological polar surface area (TPSA) is 99.6 Å². The van der Waals surface area contributed by atoms with Crippen molar-refractivity contribution in [2.75, 3.05) is 20.1 Å². The van der Waals surface area contributed by atoms with Crippen LogP contribution in [0.5, 0.6) is 0 Å². The van der Waals surface area contributed by atoms with Crippen molar-refractivity contribution in [3.05, 3.63) is 29.1 Å². The zero-order chi connectivity index (χ0) is 16.0. The molecule has 2 N–H and O–H groups in total. The van der Waals surface area contributed by atoms with Gasteiger partial charge in [-0.3, -0.25) is 9.59 Å². The van der Waals surface area contributed by atoms with Gasteiger partial charge < -0.3 is 15.3 Å². The Bertz CT molecular complexity index is 557. The lowest BCUT2D eigenvalue weighted by molar-refractivity contribution is -0.121. The normalized spacial score (nSPS) is 10.0. The summed E-state index contributed by atoms with van der Waals surface area (Å²) in [6.45, 7) is 3.80. The number of nitrogens with zero attached hydrogens (tertiary/aromatic N) is 2. The highest BCUT2D eigenvalue weighted by molar-refractivity contribution is 5.96. The van der Waals surface area contributed by atoms with E-state index >= 15 is 0 Å². The number of pyridine rings is 1. The first kappa shape index (κ1) is 16.6. The van der Waals surface area contributed by atoms with E-state index in [1.54, 1.807) is 0 Å². The third-order valence-corrected chi connectivity index (χ3v) is 2.93. The van der Waals surface area contributed by atoms with Crippen molar-refractivity contribution in [3.8, 4) is 0 Å². The Labute approximate surface area is 123 Å². The minimum Gasteiger partial charge on any atom is -0.478 e. The molecule has 0 spiro atoms. The Morgan fingerprint density at radius 2 is 2.00 bits per heavy atom. The van der Waals surface area contributed by atoms with Crippen LogP contribution in [-0.4, -0.2) is 52.9 Å². The quantitative estimate of drug-likeness (QED) is 0.803. The molecule has 1 aromatic heterocycles. The number of aryl methyl sites for hydroxylation is 1. The first-order chi connectivity index (χ1) is 9.90. The second-order valence-electron chi connectivity index (χ2n) is 4.53. The van der Waals surface area contributed by atoms with Gasteiger partial charge in [-0.25, -0.2) is 9.78 Å². The van der Waals surface area contributed by atoms with Crippen molar-refractivity contribution >= 4 is 17.8 Å². The van der Waals surface area contributed by atoms with Gasteiger partial charge in [0.15, 0.2) is 0 Å². The Kier molecular flexibility index (Phi) is 5.83. The van der Waals surface area contributed by atoms with E-state index in [0.29, 0.717) is 13.0 Å². The number of hydrogen-bond acceptors (Lipinski definition) is 4. The van der Waals surface area contributed by atoms with Crippen molar-refractivity contribution < 1.29 is 19.5 Å².